The predicted octanol–water partition coefficient (Wildman–Crippen LogP) is 2.21. The molecule has 0 aromatic carbocycles. The topological polar surface area (TPSA) is 58.0 Å². The normalized spacial score (nSPS) is 18.9. The van der Waals surface area contributed by atoms with Crippen molar-refractivity contribution in [1.29, 1.82) is 0 Å². The lowest BCUT2D eigenvalue weighted by atomic mass is 10.0. The summed E-state index contributed by atoms with van der Waals surface area (Å²) in [7, 11) is 0. The Labute approximate surface area is 100 Å². The van der Waals surface area contributed by atoms with E-state index in [1.54, 1.807) is 0 Å². The van der Waals surface area contributed by atoms with E-state index in [0.29, 0.717) is 6.54 Å². The quantitative estimate of drug-likeness (QED) is 0.830. The number of nitrogens with zero attached hydrogens (tertiary/aromatic N) is 2. The molecule has 4 nitrogen and oxygen atoms in total. The third kappa shape index (κ3) is 2.92. The van der Waals surface area contributed by atoms with Crippen LogP contribution in [0.15, 0.2) is 0 Å². The fourth-order valence-corrected chi connectivity index (χ4v) is 2.71. The Morgan fingerprint density at radius 1 is 1.44 bits per heavy atom. The molecule has 1 heterocycles. The van der Waals surface area contributed by atoms with Crippen LogP contribution in [0.2, 0.25) is 0 Å². The minimum atomic E-state index is -0.517. The molecule has 2 rings (SSSR count). The average molecular weight is 241 g/mol. The van der Waals surface area contributed by atoms with Crippen molar-refractivity contribution >= 4 is 16.7 Å². The van der Waals surface area contributed by atoms with E-state index in [2.05, 4.69) is 21.6 Å². The van der Waals surface area contributed by atoms with Crippen LogP contribution in [0.5, 0.6) is 0 Å². The fraction of sp³-hybridized carbons (Fsp3) is 0.818. The van der Waals surface area contributed by atoms with Crippen LogP contribution in [-0.2, 0) is 6.42 Å². The number of nitrogens with one attached hydrogen (secondary N) is 1. The lowest BCUT2D eigenvalue weighted by molar-refractivity contribution is 0.0614. The van der Waals surface area contributed by atoms with Crippen LogP contribution in [-0.4, -0.2) is 26.6 Å². The summed E-state index contributed by atoms with van der Waals surface area (Å²) in [5.74, 6) is 0.911. The van der Waals surface area contributed by atoms with Crippen molar-refractivity contribution in [3.8, 4) is 0 Å². The van der Waals surface area contributed by atoms with Gasteiger partial charge in [-0.15, -0.1) is 0 Å². The van der Waals surface area contributed by atoms with Gasteiger partial charge in [-0.25, -0.2) is 4.98 Å². The summed E-state index contributed by atoms with van der Waals surface area (Å²) < 4.78 is 4.26. The molecule has 1 aromatic heterocycles. The summed E-state index contributed by atoms with van der Waals surface area (Å²) in [4.78, 5) is 4.38. The third-order valence-electron chi connectivity index (χ3n) is 3.04. The zero-order chi connectivity index (χ0) is 11.4. The van der Waals surface area contributed by atoms with Gasteiger partial charge < -0.3 is 10.4 Å². The first-order valence-corrected chi connectivity index (χ1v) is 6.78. The second kappa shape index (κ2) is 5.10. The molecular weight excluding hydrogens is 222 g/mol. The summed E-state index contributed by atoms with van der Waals surface area (Å²) in [6.45, 7) is 2.73. The highest BCUT2D eigenvalue weighted by molar-refractivity contribution is 7.09. The van der Waals surface area contributed by atoms with Gasteiger partial charge in [0, 0.05) is 24.5 Å². The molecular formula is C11H19N3OS. The Hall–Kier alpha value is -0.680. The van der Waals surface area contributed by atoms with Gasteiger partial charge in [0.25, 0.3) is 0 Å². The molecule has 1 fully saturated rings. The number of aliphatic hydroxyl groups is 1. The number of aryl methyl sites for hydroxylation is 1. The minimum Gasteiger partial charge on any atom is -0.388 e. The second-order valence-electron chi connectivity index (χ2n) is 4.55. The summed E-state index contributed by atoms with van der Waals surface area (Å²) in [6, 6.07) is 0. The third-order valence-corrected chi connectivity index (χ3v) is 3.76. The van der Waals surface area contributed by atoms with Gasteiger partial charge in [-0.1, -0.05) is 19.8 Å². The summed E-state index contributed by atoms with van der Waals surface area (Å²) in [5.41, 5.74) is -0.517. The first-order chi connectivity index (χ1) is 7.72. The molecule has 0 radical (unpaired) electrons. The summed E-state index contributed by atoms with van der Waals surface area (Å²) in [6.07, 6.45) is 6.08. The van der Waals surface area contributed by atoms with Crippen LogP contribution in [0.25, 0.3) is 0 Å². The molecule has 0 aliphatic heterocycles. The van der Waals surface area contributed by atoms with E-state index in [-0.39, 0.29) is 0 Å². The molecule has 0 spiro atoms. The minimum absolute atomic E-state index is 0.517. The Bertz CT molecular complexity index is 334. The van der Waals surface area contributed by atoms with Crippen molar-refractivity contribution in [2.45, 2.75) is 51.0 Å². The smallest absolute Gasteiger partial charge is 0.202 e. The van der Waals surface area contributed by atoms with Crippen LogP contribution in [0.1, 0.15) is 44.9 Å². The molecule has 1 aromatic rings. The maximum Gasteiger partial charge on any atom is 0.202 e. The zero-order valence-corrected chi connectivity index (χ0v) is 10.5. The van der Waals surface area contributed by atoms with Crippen LogP contribution in [0.3, 0.4) is 0 Å². The van der Waals surface area contributed by atoms with Crippen molar-refractivity contribution < 1.29 is 5.11 Å². The molecule has 0 atom stereocenters. The van der Waals surface area contributed by atoms with Crippen LogP contribution in [0, 0.1) is 0 Å². The average Bonchev–Trinajstić information content (AvgIpc) is 2.86. The molecule has 90 valence electrons. The molecule has 0 amide bonds. The molecule has 0 saturated heterocycles. The van der Waals surface area contributed by atoms with Gasteiger partial charge in [-0.3, -0.25) is 0 Å². The number of aromatic nitrogens is 2. The van der Waals surface area contributed by atoms with E-state index in [1.807, 2.05) is 0 Å². The van der Waals surface area contributed by atoms with E-state index >= 15 is 0 Å². The second-order valence-corrected chi connectivity index (χ2v) is 5.30. The largest absolute Gasteiger partial charge is 0.388 e. The fourth-order valence-electron chi connectivity index (χ4n) is 2.10. The first kappa shape index (κ1) is 11.8. The van der Waals surface area contributed by atoms with Gasteiger partial charge in [0.1, 0.15) is 5.82 Å². The Morgan fingerprint density at radius 3 is 2.88 bits per heavy atom. The molecule has 16 heavy (non-hydrogen) atoms. The van der Waals surface area contributed by atoms with Crippen molar-refractivity contribution in [2.24, 2.45) is 0 Å². The maximum absolute atomic E-state index is 10.2. The van der Waals surface area contributed by atoms with Crippen molar-refractivity contribution in [3.05, 3.63) is 5.82 Å². The van der Waals surface area contributed by atoms with E-state index < -0.39 is 5.60 Å². The Balaban J connectivity index is 1.84. The lowest BCUT2D eigenvalue weighted by Gasteiger charge is -2.21. The highest BCUT2D eigenvalue weighted by atomic mass is 32.1. The Kier molecular flexibility index (Phi) is 3.76. The van der Waals surface area contributed by atoms with Crippen LogP contribution >= 0.6 is 11.5 Å². The van der Waals surface area contributed by atoms with Gasteiger partial charge in [-0.2, -0.15) is 4.37 Å². The first-order valence-electron chi connectivity index (χ1n) is 6.01. The lowest BCUT2D eigenvalue weighted by Crippen LogP contribution is -2.33. The van der Waals surface area contributed by atoms with Crippen molar-refractivity contribution in [3.63, 3.8) is 0 Å². The molecule has 5 heteroatoms. The standard InChI is InChI=1S/C11H19N3OS/c1-2-5-9-13-10(16-14-9)12-8-11(15)6-3-4-7-11/h15H,2-8H2,1H3,(H,12,13,14). The van der Waals surface area contributed by atoms with E-state index in [4.69, 9.17) is 0 Å². The molecule has 1 aliphatic rings. The van der Waals surface area contributed by atoms with Crippen LogP contribution in [0.4, 0.5) is 5.13 Å². The van der Waals surface area contributed by atoms with Gasteiger partial charge in [0.15, 0.2) is 0 Å². The van der Waals surface area contributed by atoms with Crippen molar-refractivity contribution in [1.82, 2.24) is 9.36 Å². The monoisotopic (exact) mass is 241 g/mol. The molecule has 0 unspecified atom stereocenters. The summed E-state index contributed by atoms with van der Waals surface area (Å²) >= 11 is 1.39. The van der Waals surface area contributed by atoms with Gasteiger partial charge in [0.05, 0.1) is 5.60 Å². The maximum atomic E-state index is 10.2. The molecule has 1 aliphatic carbocycles. The van der Waals surface area contributed by atoms with Gasteiger partial charge >= 0.3 is 0 Å². The zero-order valence-electron chi connectivity index (χ0n) is 9.70. The van der Waals surface area contributed by atoms with Gasteiger partial charge in [-0.05, 0) is 19.3 Å². The number of hydrogen-bond acceptors (Lipinski definition) is 5. The predicted molar refractivity (Wildman–Crippen MR) is 65.8 cm³/mol. The molecule has 2 N–H and O–H groups in total. The Morgan fingerprint density at radius 2 is 2.19 bits per heavy atom. The highest BCUT2D eigenvalue weighted by Crippen LogP contribution is 2.29. The van der Waals surface area contributed by atoms with E-state index in [9.17, 15) is 5.11 Å². The van der Waals surface area contributed by atoms with Crippen LogP contribution < -0.4 is 5.32 Å². The molecule has 0 bridgehead atoms. The number of rotatable bonds is 5. The van der Waals surface area contributed by atoms with Gasteiger partial charge in [0.2, 0.25) is 5.13 Å². The van der Waals surface area contributed by atoms with E-state index in [0.717, 1.165) is 49.5 Å². The number of anilines is 1. The summed E-state index contributed by atoms with van der Waals surface area (Å²) in [5, 5.41) is 14.2. The molecule has 1 saturated carbocycles. The highest BCUT2D eigenvalue weighted by Gasteiger charge is 2.30. The number of hydrogen-bond donors (Lipinski definition) is 2. The van der Waals surface area contributed by atoms with Crippen molar-refractivity contribution in [2.75, 3.05) is 11.9 Å². The van der Waals surface area contributed by atoms with E-state index in [1.165, 1.54) is 11.5 Å². The SMILES string of the molecule is CCCc1nsc(NCC2(O)CCCC2)n1.